The first-order valence-corrected chi connectivity index (χ1v) is 19.2. The standard InChI is InChI=1S/C49H53NO6/c1-51-44-26-18-40(19-27-44)48(38-14-7-5-8-15-38,41-20-28-45(52-2)29-21-41)55-35-37(13-11-12-34-50)36-56-49(39-16-9-6-10-17-39,42-22-30-46(53-3)31-23-42)43-24-32-47(54-4)33-25-43/h5-10,14-33,37H,11-13,34-36,50H2,1-4H3. The quantitative estimate of drug-likeness (QED) is 0.0615. The first-order valence-electron chi connectivity index (χ1n) is 19.2. The molecule has 0 unspecified atom stereocenters. The molecule has 6 aromatic rings. The van der Waals surface area contributed by atoms with Gasteiger partial charge in [0.15, 0.2) is 0 Å². The molecule has 0 heterocycles. The summed E-state index contributed by atoms with van der Waals surface area (Å²) in [5.74, 6) is 3.07. The highest BCUT2D eigenvalue weighted by Crippen LogP contribution is 2.44. The Morgan fingerprint density at radius 3 is 0.946 bits per heavy atom. The zero-order valence-corrected chi connectivity index (χ0v) is 32.9. The molecule has 56 heavy (non-hydrogen) atoms. The minimum absolute atomic E-state index is 0.0132. The van der Waals surface area contributed by atoms with E-state index < -0.39 is 11.2 Å². The predicted molar refractivity (Wildman–Crippen MR) is 223 cm³/mol. The zero-order chi connectivity index (χ0) is 39.2. The van der Waals surface area contributed by atoms with Crippen LogP contribution >= 0.6 is 0 Å². The molecule has 0 atom stereocenters. The molecule has 290 valence electrons. The minimum Gasteiger partial charge on any atom is -0.497 e. The molecule has 6 aromatic carbocycles. The summed E-state index contributed by atoms with van der Waals surface area (Å²) in [6.07, 6.45) is 2.68. The van der Waals surface area contributed by atoms with Crippen LogP contribution in [0.15, 0.2) is 158 Å². The summed E-state index contributed by atoms with van der Waals surface area (Å²) < 4.78 is 37.2. The average Bonchev–Trinajstić information content (AvgIpc) is 3.28. The lowest BCUT2D eigenvalue weighted by Gasteiger charge is -2.39. The maximum atomic E-state index is 7.44. The molecule has 7 nitrogen and oxygen atoms in total. The summed E-state index contributed by atoms with van der Waals surface area (Å²) in [5.41, 5.74) is 10.0. The lowest BCUT2D eigenvalue weighted by atomic mass is 9.79. The van der Waals surface area contributed by atoms with Gasteiger partial charge in [0.05, 0.1) is 41.7 Å². The summed E-state index contributed by atoms with van der Waals surface area (Å²) in [6.45, 7) is 1.41. The predicted octanol–water partition coefficient (Wildman–Crippen LogP) is 9.78. The molecule has 6 rings (SSSR count). The van der Waals surface area contributed by atoms with Crippen LogP contribution in [-0.4, -0.2) is 48.2 Å². The molecule has 0 amide bonds. The molecule has 0 aliphatic rings. The van der Waals surface area contributed by atoms with E-state index in [1.54, 1.807) is 28.4 Å². The van der Waals surface area contributed by atoms with Crippen molar-refractivity contribution < 1.29 is 28.4 Å². The molecule has 0 fully saturated rings. The molecule has 7 heteroatoms. The summed E-state index contributed by atoms with van der Waals surface area (Å²) in [6, 6.07) is 53.4. The highest BCUT2D eigenvalue weighted by Gasteiger charge is 2.41. The number of benzene rings is 6. The van der Waals surface area contributed by atoms with Gasteiger partial charge in [-0.15, -0.1) is 0 Å². The van der Waals surface area contributed by atoms with Gasteiger partial charge in [-0.25, -0.2) is 0 Å². The maximum Gasteiger partial charge on any atom is 0.143 e. The third kappa shape index (κ3) is 8.76. The Morgan fingerprint density at radius 1 is 0.393 bits per heavy atom. The van der Waals surface area contributed by atoms with Crippen molar-refractivity contribution in [2.24, 2.45) is 11.7 Å². The highest BCUT2D eigenvalue weighted by molar-refractivity contribution is 5.51. The molecule has 0 aliphatic heterocycles. The van der Waals surface area contributed by atoms with Crippen LogP contribution in [0.4, 0.5) is 0 Å². The van der Waals surface area contributed by atoms with Crippen LogP contribution in [0.1, 0.15) is 52.6 Å². The SMILES string of the molecule is COc1ccc(C(OCC(CCCCN)COC(c2ccccc2)(c2ccc(OC)cc2)c2ccc(OC)cc2)(c2ccccc2)c2ccc(OC)cc2)cc1. The fourth-order valence-electron chi connectivity index (χ4n) is 7.43. The van der Waals surface area contributed by atoms with Crippen LogP contribution in [0.2, 0.25) is 0 Å². The second-order valence-corrected chi connectivity index (χ2v) is 13.8. The molecule has 0 radical (unpaired) electrons. The largest absolute Gasteiger partial charge is 0.497 e. The summed E-state index contributed by atoms with van der Waals surface area (Å²) in [7, 11) is 6.72. The van der Waals surface area contributed by atoms with Crippen LogP contribution in [0.25, 0.3) is 0 Å². The Morgan fingerprint density at radius 2 is 0.679 bits per heavy atom. The molecule has 0 aromatic heterocycles. The van der Waals surface area contributed by atoms with E-state index in [0.29, 0.717) is 19.8 Å². The molecule has 2 N–H and O–H groups in total. The fourth-order valence-corrected chi connectivity index (χ4v) is 7.43. The highest BCUT2D eigenvalue weighted by atomic mass is 16.5. The molecule has 0 spiro atoms. The van der Waals surface area contributed by atoms with Crippen molar-refractivity contribution in [2.75, 3.05) is 48.2 Å². The number of hydrogen-bond acceptors (Lipinski definition) is 7. The van der Waals surface area contributed by atoms with Crippen LogP contribution in [-0.2, 0) is 20.7 Å². The van der Waals surface area contributed by atoms with Crippen LogP contribution in [0.3, 0.4) is 0 Å². The van der Waals surface area contributed by atoms with Crippen molar-refractivity contribution in [1.82, 2.24) is 0 Å². The molecular formula is C49H53NO6. The van der Waals surface area contributed by atoms with E-state index in [9.17, 15) is 0 Å². The Labute approximate surface area is 331 Å². The first kappa shape index (κ1) is 40.1. The van der Waals surface area contributed by atoms with Crippen molar-refractivity contribution in [3.05, 3.63) is 191 Å². The van der Waals surface area contributed by atoms with Crippen molar-refractivity contribution in [3.63, 3.8) is 0 Å². The number of nitrogens with two attached hydrogens (primary N) is 1. The third-order valence-corrected chi connectivity index (χ3v) is 10.5. The van der Waals surface area contributed by atoms with Crippen molar-refractivity contribution in [1.29, 1.82) is 0 Å². The lowest BCUT2D eigenvalue weighted by Crippen LogP contribution is -2.38. The third-order valence-electron chi connectivity index (χ3n) is 10.5. The molecule has 0 bridgehead atoms. The van der Waals surface area contributed by atoms with Crippen molar-refractivity contribution in [3.8, 4) is 23.0 Å². The Bertz CT molecular complexity index is 1790. The minimum atomic E-state index is -0.964. The van der Waals surface area contributed by atoms with Gasteiger partial charge in [0.2, 0.25) is 0 Å². The summed E-state index contributed by atoms with van der Waals surface area (Å²) in [4.78, 5) is 0. The van der Waals surface area contributed by atoms with Gasteiger partial charge in [-0.2, -0.15) is 0 Å². The monoisotopic (exact) mass is 751 g/mol. The van der Waals surface area contributed by atoms with Gasteiger partial charge in [0.1, 0.15) is 34.2 Å². The first-order chi connectivity index (χ1) is 27.5. The second-order valence-electron chi connectivity index (χ2n) is 13.8. The average molecular weight is 752 g/mol. The van der Waals surface area contributed by atoms with E-state index in [1.807, 2.05) is 60.7 Å². The topological polar surface area (TPSA) is 81.4 Å². The van der Waals surface area contributed by atoms with Gasteiger partial charge in [0, 0.05) is 5.92 Å². The normalized spacial score (nSPS) is 11.7. The second kappa shape index (κ2) is 19.3. The fraction of sp³-hybridized carbons (Fsp3) is 0.265. The van der Waals surface area contributed by atoms with E-state index in [4.69, 9.17) is 34.2 Å². The van der Waals surface area contributed by atoms with E-state index in [1.165, 1.54) is 0 Å². The molecule has 0 aliphatic carbocycles. The Kier molecular flexibility index (Phi) is 13.8. The Hall–Kier alpha value is -5.60. The van der Waals surface area contributed by atoms with Gasteiger partial charge in [-0.3, -0.25) is 0 Å². The maximum absolute atomic E-state index is 7.44. The van der Waals surface area contributed by atoms with Gasteiger partial charge in [-0.05, 0) is 101 Å². The lowest BCUT2D eigenvalue weighted by molar-refractivity contribution is -0.0581. The number of rotatable bonds is 20. The van der Waals surface area contributed by atoms with Gasteiger partial charge >= 0.3 is 0 Å². The molecule has 0 saturated carbocycles. The smallest absolute Gasteiger partial charge is 0.143 e. The van der Waals surface area contributed by atoms with Crippen molar-refractivity contribution >= 4 is 0 Å². The zero-order valence-electron chi connectivity index (χ0n) is 32.9. The number of unbranched alkanes of at least 4 members (excludes halogenated alkanes) is 1. The summed E-state index contributed by atoms with van der Waals surface area (Å²) >= 11 is 0. The van der Waals surface area contributed by atoms with Crippen molar-refractivity contribution in [2.45, 2.75) is 30.5 Å². The van der Waals surface area contributed by atoms with Crippen LogP contribution in [0.5, 0.6) is 23.0 Å². The summed E-state index contributed by atoms with van der Waals surface area (Å²) in [5, 5.41) is 0. The number of methoxy groups -OCH3 is 4. The number of ether oxygens (including phenoxy) is 6. The Balaban J connectivity index is 1.45. The van der Waals surface area contributed by atoms with E-state index in [2.05, 4.69) is 97.1 Å². The van der Waals surface area contributed by atoms with Crippen LogP contribution < -0.4 is 24.7 Å². The van der Waals surface area contributed by atoms with Gasteiger partial charge in [0.25, 0.3) is 0 Å². The van der Waals surface area contributed by atoms with E-state index in [0.717, 1.165) is 75.6 Å². The molecular weight excluding hydrogens is 699 g/mol. The van der Waals surface area contributed by atoms with Crippen LogP contribution in [0, 0.1) is 5.92 Å². The van der Waals surface area contributed by atoms with E-state index in [-0.39, 0.29) is 5.92 Å². The van der Waals surface area contributed by atoms with E-state index >= 15 is 0 Å². The van der Waals surface area contributed by atoms with Gasteiger partial charge < -0.3 is 34.2 Å². The molecule has 0 saturated heterocycles. The van der Waals surface area contributed by atoms with Gasteiger partial charge in [-0.1, -0.05) is 116 Å². The number of hydrogen-bond donors (Lipinski definition) is 1.